The Kier molecular flexibility index (Phi) is 5.94. The van der Waals surface area contributed by atoms with Crippen molar-refractivity contribution in [2.75, 3.05) is 6.54 Å². The standard InChI is InChI=1S/C21H23N3O3S2/c25-20(22-14-21-24-18-7-3-4-8-19(18)28-21)11-12-23-29(26,27)17-10-9-15-5-1-2-6-16(15)13-17/h3-4,7-10,13,23H,1-2,5-6,11-12,14H2,(H,22,25). The summed E-state index contributed by atoms with van der Waals surface area (Å²) in [5.41, 5.74) is 3.27. The lowest BCUT2D eigenvalue weighted by molar-refractivity contribution is -0.121. The van der Waals surface area contributed by atoms with Gasteiger partial charge in [0, 0.05) is 13.0 Å². The number of aryl methyl sites for hydroxylation is 2. The zero-order valence-electron chi connectivity index (χ0n) is 16.0. The maximum absolute atomic E-state index is 12.5. The second-order valence-electron chi connectivity index (χ2n) is 7.14. The van der Waals surface area contributed by atoms with E-state index in [0.29, 0.717) is 6.54 Å². The maximum Gasteiger partial charge on any atom is 0.240 e. The summed E-state index contributed by atoms with van der Waals surface area (Å²) in [7, 11) is -3.61. The second-order valence-corrected chi connectivity index (χ2v) is 10.0. The minimum atomic E-state index is -3.61. The minimum Gasteiger partial charge on any atom is -0.350 e. The molecule has 0 fully saturated rings. The molecule has 3 aromatic rings. The van der Waals surface area contributed by atoms with Gasteiger partial charge in [-0.2, -0.15) is 0 Å². The molecule has 0 aliphatic heterocycles. The van der Waals surface area contributed by atoms with E-state index in [0.717, 1.165) is 46.5 Å². The molecule has 0 bridgehead atoms. The molecule has 1 amide bonds. The van der Waals surface area contributed by atoms with E-state index in [-0.39, 0.29) is 23.8 Å². The molecule has 1 aromatic heterocycles. The Balaban J connectivity index is 1.28. The van der Waals surface area contributed by atoms with E-state index in [4.69, 9.17) is 0 Å². The summed E-state index contributed by atoms with van der Waals surface area (Å²) in [6.45, 7) is 0.404. The van der Waals surface area contributed by atoms with E-state index >= 15 is 0 Å². The first-order chi connectivity index (χ1) is 14.0. The predicted octanol–water partition coefficient (Wildman–Crippen LogP) is 3.16. The number of nitrogens with one attached hydrogen (secondary N) is 2. The highest BCUT2D eigenvalue weighted by molar-refractivity contribution is 7.89. The van der Waals surface area contributed by atoms with Crippen LogP contribution >= 0.6 is 11.3 Å². The van der Waals surface area contributed by atoms with Gasteiger partial charge in [-0.05, 0) is 61.1 Å². The number of carbonyl (C=O) groups excluding carboxylic acids is 1. The van der Waals surface area contributed by atoms with Crippen molar-refractivity contribution in [1.29, 1.82) is 0 Å². The summed E-state index contributed by atoms with van der Waals surface area (Å²) in [5, 5.41) is 3.63. The van der Waals surface area contributed by atoms with Gasteiger partial charge in [-0.15, -0.1) is 11.3 Å². The van der Waals surface area contributed by atoms with Crippen molar-refractivity contribution in [1.82, 2.24) is 15.0 Å². The number of amides is 1. The van der Waals surface area contributed by atoms with Crippen LogP contribution in [0.25, 0.3) is 10.2 Å². The van der Waals surface area contributed by atoms with Gasteiger partial charge in [0.05, 0.1) is 21.7 Å². The second kappa shape index (κ2) is 8.61. The molecule has 1 aliphatic rings. The highest BCUT2D eigenvalue weighted by Gasteiger charge is 2.18. The van der Waals surface area contributed by atoms with Crippen molar-refractivity contribution >= 4 is 37.5 Å². The number of benzene rings is 2. The predicted molar refractivity (Wildman–Crippen MR) is 114 cm³/mol. The van der Waals surface area contributed by atoms with Crippen LogP contribution in [-0.4, -0.2) is 25.9 Å². The van der Waals surface area contributed by atoms with E-state index in [9.17, 15) is 13.2 Å². The SMILES string of the molecule is O=C(CCNS(=O)(=O)c1ccc2c(c1)CCCC2)NCc1nc2ccccc2s1. The number of hydrogen-bond donors (Lipinski definition) is 2. The third kappa shape index (κ3) is 4.83. The van der Waals surface area contributed by atoms with Gasteiger partial charge in [0.15, 0.2) is 0 Å². The van der Waals surface area contributed by atoms with Crippen LogP contribution < -0.4 is 10.0 Å². The molecule has 0 unspecified atom stereocenters. The topological polar surface area (TPSA) is 88.2 Å². The number of carbonyl (C=O) groups is 1. The molecule has 6 nitrogen and oxygen atoms in total. The Morgan fingerprint density at radius 3 is 2.69 bits per heavy atom. The van der Waals surface area contributed by atoms with Crippen molar-refractivity contribution < 1.29 is 13.2 Å². The Morgan fingerprint density at radius 1 is 1.07 bits per heavy atom. The number of fused-ring (bicyclic) bond motifs is 2. The van der Waals surface area contributed by atoms with Gasteiger partial charge in [0.2, 0.25) is 15.9 Å². The van der Waals surface area contributed by atoms with Crippen molar-refractivity contribution in [3.05, 3.63) is 58.6 Å². The van der Waals surface area contributed by atoms with E-state index in [1.54, 1.807) is 12.1 Å². The normalized spacial score (nSPS) is 13.9. The zero-order chi connectivity index (χ0) is 20.3. The first-order valence-corrected chi connectivity index (χ1v) is 12.0. The molecule has 0 atom stereocenters. The third-order valence-corrected chi connectivity index (χ3v) is 7.54. The molecule has 0 saturated heterocycles. The number of hydrogen-bond acceptors (Lipinski definition) is 5. The first kappa shape index (κ1) is 20.0. The lowest BCUT2D eigenvalue weighted by Crippen LogP contribution is -2.30. The van der Waals surface area contributed by atoms with Crippen molar-refractivity contribution in [3.8, 4) is 0 Å². The maximum atomic E-state index is 12.5. The van der Waals surface area contributed by atoms with Crippen molar-refractivity contribution in [2.45, 2.75) is 43.5 Å². The van der Waals surface area contributed by atoms with Crippen LogP contribution in [0.4, 0.5) is 0 Å². The minimum absolute atomic E-state index is 0.0606. The molecule has 4 rings (SSSR count). The van der Waals surface area contributed by atoms with Crippen molar-refractivity contribution in [2.24, 2.45) is 0 Å². The number of rotatable bonds is 7. The highest BCUT2D eigenvalue weighted by Crippen LogP contribution is 2.24. The fourth-order valence-electron chi connectivity index (χ4n) is 3.52. The number of para-hydroxylation sites is 1. The molecule has 0 saturated carbocycles. The number of sulfonamides is 1. The number of nitrogens with zero attached hydrogens (tertiary/aromatic N) is 1. The molecule has 29 heavy (non-hydrogen) atoms. The number of thiazole rings is 1. The van der Waals surface area contributed by atoms with Crippen LogP contribution in [0.5, 0.6) is 0 Å². The summed E-state index contributed by atoms with van der Waals surface area (Å²) < 4.78 is 28.7. The Hall–Kier alpha value is -2.29. The first-order valence-electron chi connectivity index (χ1n) is 9.74. The summed E-state index contributed by atoms with van der Waals surface area (Å²) in [6, 6.07) is 13.1. The van der Waals surface area contributed by atoms with Crippen LogP contribution in [0.2, 0.25) is 0 Å². The lowest BCUT2D eigenvalue weighted by Gasteiger charge is -2.16. The number of aromatic nitrogens is 1. The van der Waals surface area contributed by atoms with Gasteiger partial charge in [-0.1, -0.05) is 18.2 Å². The van der Waals surface area contributed by atoms with Crippen molar-refractivity contribution in [3.63, 3.8) is 0 Å². The van der Waals surface area contributed by atoms with E-state index in [2.05, 4.69) is 15.0 Å². The van der Waals surface area contributed by atoms with E-state index < -0.39 is 10.0 Å². The smallest absolute Gasteiger partial charge is 0.240 e. The van der Waals surface area contributed by atoms with E-state index in [1.165, 1.54) is 16.9 Å². The summed E-state index contributed by atoms with van der Waals surface area (Å²) >= 11 is 1.54. The summed E-state index contributed by atoms with van der Waals surface area (Å²) in [5.74, 6) is -0.211. The van der Waals surface area contributed by atoms with Crippen LogP contribution in [0, 0.1) is 0 Å². The molecule has 152 valence electrons. The molecule has 2 aromatic carbocycles. The van der Waals surface area contributed by atoms with Gasteiger partial charge in [0.25, 0.3) is 0 Å². The Labute approximate surface area is 174 Å². The fraction of sp³-hybridized carbons (Fsp3) is 0.333. The molecule has 2 N–H and O–H groups in total. The van der Waals surface area contributed by atoms with Gasteiger partial charge < -0.3 is 5.32 Å². The highest BCUT2D eigenvalue weighted by atomic mass is 32.2. The quantitative estimate of drug-likeness (QED) is 0.604. The Morgan fingerprint density at radius 2 is 1.86 bits per heavy atom. The van der Waals surface area contributed by atoms with Gasteiger partial charge in [-0.3, -0.25) is 4.79 Å². The van der Waals surface area contributed by atoms with Crippen LogP contribution in [0.3, 0.4) is 0 Å². The van der Waals surface area contributed by atoms with E-state index in [1.807, 2.05) is 30.3 Å². The monoisotopic (exact) mass is 429 g/mol. The van der Waals surface area contributed by atoms with Gasteiger partial charge in [0.1, 0.15) is 5.01 Å². The molecule has 0 radical (unpaired) electrons. The molecular formula is C21H23N3O3S2. The zero-order valence-corrected chi connectivity index (χ0v) is 17.6. The lowest BCUT2D eigenvalue weighted by atomic mass is 9.92. The largest absolute Gasteiger partial charge is 0.350 e. The summed E-state index contributed by atoms with van der Waals surface area (Å²) in [4.78, 5) is 16.8. The molecule has 1 heterocycles. The molecular weight excluding hydrogens is 406 g/mol. The van der Waals surface area contributed by atoms with Crippen LogP contribution in [0.15, 0.2) is 47.4 Å². The van der Waals surface area contributed by atoms with Crippen LogP contribution in [-0.2, 0) is 34.2 Å². The van der Waals surface area contributed by atoms with Gasteiger partial charge >= 0.3 is 0 Å². The fourth-order valence-corrected chi connectivity index (χ4v) is 5.51. The molecule has 8 heteroatoms. The average Bonchev–Trinajstić information content (AvgIpc) is 3.15. The molecule has 1 aliphatic carbocycles. The third-order valence-electron chi connectivity index (χ3n) is 5.05. The van der Waals surface area contributed by atoms with Crippen LogP contribution in [0.1, 0.15) is 35.4 Å². The summed E-state index contributed by atoms with van der Waals surface area (Å²) in [6.07, 6.45) is 4.27. The Bertz CT molecular complexity index is 1110. The molecule has 0 spiro atoms. The van der Waals surface area contributed by atoms with Gasteiger partial charge in [-0.25, -0.2) is 18.1 Å². The average molecular weight is 430 g/mol.